The Hall–Kier alpha value is -1.45. The maximum atomic E-state index is 12.3. The summed E-state index contributed by atoms with van der Waals surface area (Å²) < 4.78 is 25.6. The third-order valence-corrected chi connectivity index (χ3v) is 5.07. The fourth-order valence-electron chi connectivity index (χ4n) is 1.45. The van der Waals surface area contributed by atoms with Crippen LogP contribution in [0, 0.1) is 6.92 Å². The van der Waals surface area contributed by atoms with Gasteiger partial charge in [-0.05, 0) is 30.7 Å². The van der Waals surface area contributed by atoms with Crippen molar-refractivity contribution in [2.24, 2.45) is 0 Å². The highest BCUT2D eigenvalue weighted by Crippen LogP contribution is 2.22. The van der Waals surface area contributed by atoms with E-state index in [0.29, 0.717) is 14.3 Å². The van der Waals surface area contributed by atoms with Crippen LogP contribution in [0.5, 0.6) is 0 Å². The lowest BCUT2D eigenvalue weighted by atomic mass is 10.2. The molecule has 110 valence electrons. The quantitative estimate of drug-likeness (QED) is 0.774. The van der Waals surface area contributed by atoms with E-state index in [4.69, 9.17) is 10.2 Å². The van der Waals surface area contributed by atoms with Crippen LogP contribution >= 0.6 is 15.9 Å². The van der Waals surface area contributed by atoms with E-state index in [0.717, 1.165) is 0 Å². The van der Waals surface area contributed by atoms with Gasteiger partial charge >= 0.3 is 11.9 Å². The van der Waals surface area contributed by atoms with Crippen molar-refractivity contribution in [3.05, 3.63) is 28.2 Å². The summed E-state index contributed by atoms with van der Waals surface area (Å²) in [5.74, 6) is -2.85. The number of sulfonamides is 1. The molecule has 0 aliphatic rings. The molecule has 7 nitrogen and oxygen atoms in total. The van der Waals surface area contributed by atoms with E-state index < -0.39 is 35.1 Å². The molecule has 0 saturated carbocycles. The molecule has 0 heterocycles. The van der Waals surface area contributed by atoms with E-state index in [1.54, 1.807) is 6.92 Å². The zero-order valence-corrected chi connectivity index (χ0v) is 12.8. The molecule has 0 unspecified atom stereocenters. The van der Waals surface area contributed by atoms with Crippen LogP contribution in [0.25, 0.3) is 0 Å². The zero-order valence-electron chi connectivity index (χ0n) is 10.4. The number of halogens is 1. The summed E-state index contributed by atoms with van der Waals surface area (Å²) in [5, 5.41) is 17.4. The van der Waals surface area contributed by atoms with Gasteiger partial charge in [-0.3, -0.25) is 9.59 Å². The molecule has 9 heteroatoms. The molecular weight excluding hydrogens is 354 g/mol. The number of hydrogen-bond acceptors (Lipinski definition) is 4. The minimum absolute atomic E-state index is 0.152. The predicted molar refractivity (Wildman–Crippen MR) is 72.9 cm³/mol. The number of carbonyl (C=O) groups is 2. The highest BCUT2D eigenvalue weighted by molar-refractivity contribution is 9.10. The fourth-order valence-corrected chi connectivity index (χ4v) is 3.13. The highest BCUT2D eigenvalue weighted by atomic mass is 79.9. The number of carboxylic acid groups (broad SMARTS) is 2. The zero-order chi connectivity index (χ0) is 15.5. The van der Waals surface area contributed by atoms with Crippen LogP contribution in [-0.2, 0) is 19.6 Å². The lowest BCUT2D eigenvalue weighted by molar-refractivity contribution is -0.139. The van der Waals surface area contributed by atoms with Crippen molar-refractivity contribution in [3.63, 3.8) is 0 Å². The van der Waals surface area contributed by atoms with Crippen LogP contribution in [0.15, 0.2) is 27.6 Å². The Morgan fingerprint density at radius 3 is 2.10 bits per heavy atom. The molecule has 0 atom stereocenters. The van der Waals surface area contributed by atoms with Gasteiger partial charge in [0.1, 0.15) is 13.1 Å². The second kappa shape index (κ2) is 6.33. The Morgan fingerprint density at radius 1 is 1.20 bits per heavy atom. The minimum atomic E-state index is -4.18. The van der Waals surface area contributed by atoms with Gasteiger partial charge in [0.25, 0.3) is 0 Å². The lowest BCUT2D eigenvalue weighted by Crippen LogP contribution is -2.39. The molecule has 0 radical (unpaired) electrons. The smallest absolute Gasteiger partial charge is 0.318 e. The normalized spacial score (nSPS) is 11.6. The van der Waals surface area contributed by atoms with Crippen molar-refractivity contribution in [1.82, 2.24) is 4.31 Å². The molecule has 2 N–H and O–H groups in total. The fraction of sp³-hybridized carbons (Fsp3) is 0.273. The van der Waals surface area contributed by atoms with Crippen molar-refractivity contribution >= 4 is 37.9 Å². The lowest BCUT2D eigenvalue weighted by Gasteiger charge is -2.18. The first kappa shape index (κ1) is 16.6. The van der Waals surface area contributed by atoms with E-state index >= 15 is 0 Å². The minimum Gasteiger partial charge on any atom is -0.480 e. The largest absolute Gasteiger partial charge is 0.480 e. The second-order valence-electron chi connectivity index (χ2n) is 3.97. The SMILES string of the molecule is Cc1cc(S(=O)(=O)N(CC(=O)O)CC(=O)O)ccc1Br. The summed E-state index contributed by atoms with van der Waals surface area (Å²) in [6.07, 6.45) is 0. The molecule has 0 aromatic heterocycles. The maximum Gasteiger partial charge on any atom is 0.318 e. The van der Waals surface area contributed by atoms with E-state index in [9.17, 15) is 18.0 Å². The topological polar surface area (TPSA) is 112 Å². The Labute approximate surface area is 124 Å². The summed E-state index contributed by atoms with van der Waals surface area (Å²) in [7, 11) is -4.18. The molecule has 0 bridgehead atoms. The molecule has 1 aromatic carbocycles. The van der Waals surface area contributed by atoms with Crippen molar-refractivity contribution < 1.29 is 28.2 Å². The standard InChI is InChI=1S/C11H12BrNO6S/c1-7-4-8(2-3-9(7)12)20(18,19)13(5-10(14)15)6-11(16)17/h2-4H,5-6H2,1H3,(H,14,15)(H,16,17). The first-order chi connectivity index (χ1) is 9.14. The Bertz CT molecular complexity index is 626. The Kier molecular flexibility index (Phi) is 5.26. The Balaban J connectivity index is 3.24. The average molecular weight is 366 g/mol. The first-order valence-corrected chi connectivity index (χ1v) is 7.58. The molecule has 0 aliphatic heterocycles. The summed E-state index contributed by atoms with van der Waals surface area (Å²) in [5.41, 5.74) is 0.636. The van der Waals surface area contributed by atoms with Gasteiger partial charge < -0.3 is 10.2 Å². The molecular formula is C11H12BrNO6S. The van der Waals surface area contributed by atoms with Crippen molar-refractivity contribution in [1.29, 1.82) is 0 Å². The molecule has 0 aliphatic carbocycles. The van der Waals surface area contributed by atoms with Gasteiger partial charge in [-0.2, -0.15) is 4.31 Å². The second-order valence-corrected chi connectivity index (χ2v) is 6.76. The van der Waals surface area contributed by atoms with Crippen LogP contribution in [0.2, 0.25) is 0 Å². The molecule has 0 fully saturated rings. The number of rotatable bonds is 6. The molecule has 1 aromatic rings. The molecule has 0 amide bonds. The van der Waals surface area contributed by atoms with Gasteiger partial charge in [0.15, 0.2) is 0 Å². The maximum absolute atomic E-state index is 12.3. The molecule has 1 rings (SSSR count). The van der Waals surface area contributed by atoms with E-state index in [2.05, 4.69) is 15.9 Å². The number of carboxylic acids is 2. The van der Waals surface area contributed by atoms with Crippen LogP contribution in [0.3, 0.4) is 0 Å². The number of benzene rings is 1. The predicted octanol–water partition coefficient (Wildman–Crippen LogP) is 0.917. The summed E-state index contributed by atoms with van der Waals surface area (Å²) in [4.78, 5) is 21.2. The molecule has 0 spiro atoms. The van der Waals surface area contributed by atoms with Gasteiger partial charge in [0, 0.05) is 4.47 Å². The Morgan fingerprint density at radius 2 is 1.70 bits per heavy atom. The number of aryl methyl sites for hydroxylation is 1. The third kappa shape index (κ3) is 4.02. The number of aliphatic carboxylic acids is 2. The number of nitrogens with zero attached hydrogens (tertiary/aromatic N) is 1. The van der Waals surface area contributed by atoms with Gasteiger partial charge in [-0.15, -0.1) is 0 Å². The third-order valence-electron chi connectivity index (χ3n) is 2.39. The average Bonchev–Trinajstić information content (AvgIpc) is 2.30. The monoisotopic (exact) mass is 365 g/mol. The van der Waals surface area contributed by atoms with Crippen molar-refractivity contribution in [3.8, 4) is 0 Å². The highest BCUT2D eigenvalue weighted by Gasteiger charge is 2.28. The van der Waals surface area contributed by atoms with E-state index in [1.807, 2.05) is 0 Å². The van der Waals surface area contributed by atoms with Crippen molar-refractivity contribution in [2.75, 3.05) is 13.1 Å². The van der Waals surface area contributed by atoms with Crippen LogP contribution in [-0.4, -0.2) is 48.0 Å². The van der Waals surface area contributed by atoms with Gasteiger partial charge in [-0.25, -0.2) is 8.42 Å². The van der Waals surface area contributed by atoms with Gasteiger partial charge in [0.2, 0.25) is 10.0 Å². The van der Waals surface area contributed by atoms with Gasteiger partial charge in [0.05, 0.1) is 4.90 Å². The van der Waals surface area contributed by atoms with Crippen LogP contribution in [0.1, 0.15) is 5.56 Å². The van der Waals surface area contributed by atoms with Crippen LogP contribution < -0.4 is 0 Å². The van der Waals surface area contributed by atoms with Gasteiger partial charge in [-0.1, -0.05) is 15.9 Å². The summed E-state index contributed by atoms with van der Waals surface area (Å²) in [6.45, 7) is -0.157. The number of hydrogen-bond donors (Lipinski definition) is 2. The van der Waals surface area contributed by atoms with E-state index in [1.165, 1.54) is 18.2 Å². The van der Waals surface area contributed by atoms with Crippen molar-refractivity contribution in [2.45, 2.75) is 11.8 Å². The first-order valence-electron chi connectivity index (χ1n) is 5.34. The molecule has 20 heavy (non-hydrogen) atoms. The summed E-state index contributed by atoms with van der Waals surface area (Å²) in [6, 6.07) is 4.13. The molecule has 0 saturated heterocycles. The summed E-state index contributed by atoms with van der Waals surface area (Å²) >= 11 is 3.22. The van der Waals surface area contributed by atoms with E-state index in [-0.39, 0.29) is 4.90 Å². The van der Waals surface area contributed by atoms with Crippen LogP contribution in [0.4, 0.5) is 0 Å².